The van der Waals surface area contributed by atoms with Gasteiger partial charge in [0.05, 0.1) is 7.11 Å². The number of nitrogens with two attached hydrogens (primary N) is 1. The molecule has 1 aromatic carbocycles. The third kappa shape index (κ3) is 6.14. The smallest absolute Gasteiger partial charge is 0.364 e. The molecular formula is C15H22ClN2O3+. The number of hydrogen-bond donors (Lipinski definition) is 2. The predicted molar refractivity (Wildman–Crippen MR) is 80.7 cm³/mol. The molecule has 0 unspecified atom stereocenters. The van der Waals surface area contributed by atoms with Crippen molar-refractivity contribution < 1.29 is 19.6 Å². The first-order chi connectivity index (χ1) is 9.93. The van der Waals surface area contributed by atoms with E-state index in [0.717, 1.165) is 5.56 Å². The summed E-state index contributed by atoms with van der Waals surface area (Å²) in [7, 11) is 1.35. The first-order valence-electron chi connectivity index (χ1n) is 6.86. The summed E-state index contributed by atoms with van der Waals surface area (Å²) in [5.74, 6) is -0.337. The third-order valence-corrected chi connectivity index (χ3v) is 3.40. The average Bonchev–Trinajstić information content (AvgIpc) is 2.46. The number of ether oxygens (including phenoxy) is 1. The van der Waals surface area contributed by atoms with Crippen LogP contribution in [-0.2, 0) is 20.9 Å². The number of methoxy groups -OCH3 is 1. The van der Waals surface area contributed by atoms with Gasteiger partial charge in [-0.2, -0.15) is 0 Å². The minimum absolute atomic E-state index is 0.0986. The van der Waals surface area contributed by atoms with Crippen LogP contribution in [0.15, 0.2) is 24.3 Å². The number of rotatable bonds is 7. The Morgan fingerprint density at radius 1 is 1.29 bits per heavy atom. The van der Waals surface area contributed by atoms with E-state index in [1.54, 1.807) is 17.4 Å². The summed E-state index contributed by atoms with van der Waals surface area (Å²) in [6, 6.07) is 6.91. The van der Waals surface area contributed by atoms with Gasteiger partial charge in [-0.05, 0) is 17.7 Å². The van der Waals surface area contributed by atoms with Crippen LogP contribution in [0.5, 0.6) is 0 Å². The van der Waals surface area contributed by atoms with E-state index >= 15 is 0 Å². The highest BCUT2D eigenvalue weighted by Gasteiger charge is 2.27. The van der Waals surface area contributed by atoms with Crippen molar-refractivity contribution in [3.8, 4) is 0 Å². The second-order valence-electron chi connectivity index (χ2n) is 5.14. The maximum Gasteiger partial charge on any atom is 0.364 e. The Morgan fingerprint density at radius 3 is 2.43 bits per heavy atom. The van der Waals surface area contributed by atoms with Crippen molar-refractivity contribution >= 4 is 23.5 Å². The number of halogens is 1. The van der Waals surface area contributed by atoms with Crippen molar-refractivity contribution in [2.24, 2.45) is 5.92 Å². The molecule has 0 aliphatic carbocycles. The molecule has 0 heterocycles. The lowest BCUT2D eigenvalue weighted by molar-refractivity contribution is -0.673. The van der Waals surface area contributed by atoms with Crippen LogP contribution in [0.2, 0.25) is 5.02 Å². The van der Waals surface area contributed by atoms with Gasteiger partial charge in [0.15, 0.2) is 12.6 Å². The van der Waals surface area contributed by atoms with Crippen LogP contribution >= 0.6 is 11.6 Å². The average molecular weight is 314 g/mol. The molecule has 0 saturated heterocycles. The molecule has 1 atom stereocenters. The molecule has 0 aliphatic heterocycles. The first-order valence-corrected chi connectivity index (χ1v) is 7.24. The van der Waals surface area contributed by atoms with Crippen molar-refractivity contribution in [3.63, 3.8) is 0 Å². The van der Waals surface area contributed by atoms with Crippen LogP contribution in [0, 0.1) is 5.92 Å². The largest absolute Gasteiger partial charge is 0.465 e. The number of hydrogen-bond acceptors (Lipinski definition) is 3. The van der Waals surface area contributed by atoms with Gasteiger partial charge < -0.3 is 15.4 Å². The van der Waals surface area contributed by atoms with E-state index < -0.39 is 0 Å². The Balaban J connectivity index is 2.39. The van der Waals surface area contributed by atoms with E-state index in [4.69, 9.17) is 16.3 Å². The number of benzene rings is 1. The zero-order valence-corrected chi connectivity index (χ0v) is 13.3. The number of nitrogens with one attached hydrogen (secondary N) is 1. The summed E-state index contributed by atoms with van der Waals surface area (Å²) in [5.41, 5.74) is 0.973. The number of esters is 1. The summed E-state index contributed by atoms with van der Waals surface area (Å²) >= 11 is 5.80. The molecule has 0 aromatic heterocycles. The van der Waals surface area contributed by atoms with Gasteiger partial charge >= 0.3 is 5.97 Å². The van der Waals surface area contributed by atoms with Crippen molar-refractivity contribution in [3.05, 3.63) is 34.9 Å². The van der Waals surface area contributed by atoms with Crippen molar-refractivity contribution in [2.45, 2.75) is 26.4 Å². The summed E-state index contributed by atoms with van der Waals surface area (Å²) in [6.45, 7) is 4.47. The molecule has 0 saturated carbocycles. The van der Waals surface area contributed by atoms with Gasteiger partial charge in [-0.3, -0.25) is 4.79 Å². The van der Waals surface area contributed by atoms with E-state index in [-0.39, 0.29) is 30.4 Å². The molecule has 5 nitrogen and oxygen atoms in total. The fourth-order valence-corrected chi connectivity index (χ4v) is 2.01. The molecule has 116 valence electrons. The predicted octanol–water partition coefficient (Wildman–Crippen LogP) is 0.717. The Morgan fingerprint density at radius 2 is 1.90 bits per heavy atom. The maximum atomic E-state index is 11.8. The number of carbonyl (C=O) groups is 2. The van der Waals surface area contributed by atoms with E-state index in [2.05, 4.69) is 5.32 Å². The second-order valence-corrected chi connectivity index (χ2v) is 5.57. The van der Waals surface area contributed by atoms with Crippen LogP contribution in [0.1, 0.15) is 19.4 Å². The number of carbonyl (C=O) groups excluding carboxylic acids is 2. The fourth-order valence-electron chi connectivity index (χ4n) is 1.89. The zero-order chi connectivity index (χ0) is 15.8. The minimum atomic E-state index is -0.365. The molecule has 0 fully saturated rings. The van der Waals surface area contributed by atoms with Gasteiger partial charge in [0.1, 0.15) is 0 Å². The lowest BCUT2D eigenvalue weighted by atomic mass is 10.0. The monoisotopic (exact) mass is 313 g/mol. The molecule has 0 aliphatic rings. The molecule has 1 aromatic rings. The van der Waals surface area contributed by atoms with Gasteiger partial charge in [-0.1, -0.05) is 37.6 Å². The normalized spacial score (nSPS) is 12.0. The second kappa shape index (κ2) is 8.64. The van der Waals surface area contributed by atoms with E-state index in [0.29, 0.717) is 11.6 Å². The van der Waals surface area contributed by atoms with E-state index in [1.165, 1.54) is 7.11 Å². The minimum Gasteiger partial charge on any atom is -0.465 e. The van der Waals surface area contributed by atoms with Gasteiger partial charge in [0.2, 0.25) is 0 Å². The number of amides is 1. The molecule has 0 radical (unpaired) electrons. The fraction of sp³-hybridized carbons (Fsp3) is 0.467. The maximum absolute atomic E-state index is 11.8. The molecule has 0 spiro atoms. The molecule has 21 heavy (non-hydrogen) atoms. The van der Waals surface area contributed by atoms with E-state index in [1.807, 2.05) is 26.0 Å². The molecular weight excluding hydrogens is 292 g/mol. The van der Waals surface area contributed by atoms with Gasteiger partial charge in [-0.15, -0.1) is 0 Å². The lowest BCUT2D eigenvalue weighted by Gasteiger charge is -2.16. The highest BCUT2D eigenvalue weighted by molar-refractivity contribution is 6.30. The molecule has 1 rings (SSSR count). The van der Waals surface area contributed by atoms with Crippen LogP contribution in [0.3, 0.4) is 0 Å². The highest BCUT2D eigenvalue weighted by Crippen LogP contribution is 2.08. The van der Waals surface area contributed by atoms with Crippen LogP contribution in [0.25, 0.3) is 0 Å². The Bertz CT molecular complexity index is 474. The third-order valence-electron chi connectivity index (χ3n) is 3.15. The summed E-state index contributed by atoms with van der Waals surface area (Å²) in [6.07, 6.45) is 0. The highest BCUT2D eigenvalue weighted by atomic mass is 35.5. The molecule has 1 amide bonds. The van der Waals surface area contributed by atoms with Crippen LogP contribution in [-0.4, -0.2) is 31.6 Å². The lowest BCUT2D eigenvalue weighted by Crippen LogP contribution is -2.95. The van der Waals surface area contributed by atoms with Crippen molar-refractivity contribution in [1.82, 2.24) is 5.32 Å². The van der Waals surface area contributed by atoms with Gasteiger partial charge in [-0.25, -0.2) is 4.79 Å². The SMILES string of the molecule is COC(=O)[C@@H]([NH2+]CC(=O)NCc1ccc(Cl)cc1)C(C)C. The first kappa shape index (κ1) is 17.5. The molecule has 6 heteroatoms. The topological polar surface area (TPSA) is 72.0 Å². The Kier molecular flexibility index (Phi) is 7.19. The van der Waals surface area contributed by atoms with Crippen LogP contribution in [0.4, 0.5) is 0 Å². The Hall–Kier alpha value is -1.59. The van der Waals surface area contributed by atoms with Crippen molar-refractivity contribution in [2.75, 3.05) is 13.7 Å². The molecule has 0 bridgehead atoms. The quantitative estimate of drug-likeness (QED) is 0.729. The summed E-state index contributed by atoms with van der Waals surface area (Å²) < 4.78 is 4.73. The summed E-state index contributed by atoms with van der Waals surface area (Å²) in [4.78, 5) is 23.4. The standard InChI is InChI=1S/C15H21ClN2O3/c1-10(2)14(15(20)21-3)18-9-13(19)17-8-11-4-6-12(16)7-5-11/h4-7,10,14,18H,8-9H2,1-3H3,(H,17,19)/p+1/t14-/m0/s1. The molecule has 3 N–H and O–H groups in total. The van der Waals surface area contributed by atoms with Crippen LogP contribution < -0.4 is 10.6 Å². The van der Waals surface area contributed by atoms with Crippen molar-refractivity contribution in [1.29, 1.82) is 0 Å². The van der Waals surface area contributed by atoms with Gasteiger partial charge in [0.25, 0.3) is 5.91 Å². The van der Waals surface area contributed by atoms with E-state index in [9.17, 15) is 9.59 Å². The summed E-state index contributed by atoms with van der Waals surface area (Å²) in [5, 5.41) is 5.17. The zero-order valence-electron chi connectivity index (χ0n) is 12.6. The van der Waals surface area contributed by atoms with Gasteiger partial charge in [0, 0.05) is 17.5 Å². The Labute approximate surface area is 130 Å². The number of quaternary nitrogens is 1.